The van der Waals surface area contributed by atoms with E-state index in [1.807, 2.05) is 25.4 Å². The maximum Gasteiger partial charge on any atom is 0.191 e. The van der Waals surface area contributed by atoms with Gasteiger partial charge in [-0.1, -0.05) is 0 Å². The summed E-state index contributed by atoms with van der Waals surface area (Å²) in [6, 6.07) is 3.84. The number of ether oxygens (including phenoxy) is 1. The molecule has 1 saturated heterocycles. The molecule has 154 valence electrons. The summed E-state index contributed by atoms with van der Waals surface area (Å²) in [6.45, 7) is 4.17. The Morgan fingerprint density at radius 3 is 3.00 bits per heavy atom. The SMILES string of the molecule is Cn1cc(C(C)(O)CN=C(NCCc2ccco2)NCC2CCCCO2)cn1. The molecule has 0 amide bonds. The molecule has 0 aliphatic carbocycles. The van der Waals surface area contributed by atoms with Crippen LogP contribution in [0.3, 0.4) is 0 Å². The third-order valence-electron chi connectivity index (χ3n) is 4.89. The predicted molar refractivity (Wildman–Crippen MR) is 107 cm³/mol. The first kappa shape index (κ1) is 20.4. The highest BCUT2D eigenvalue weighted by Gasteiger charge is 2.25. The number of rotatable bonds is 8. The van der Waals surface area contributed by atoms with Crippen LogP contribution in [0.25, 0.3) is 0 Å². The second kappa shape index (κ2) is 9.75. The Kier molecular flexibility index (Phi) is 7.11. The molecule has 8 nitrogen and oxygen atoms in total. The molecular weight excluding hydrogens is 358 g/mol. The number of nitrogens with one attached hydrogen (secondary N) is 2. The molecule has 2 unspecified atom stereocenters. The van der Waals surface area contributed by atoms with Crippen molar-refractivity contribution >= 4 is 5.96 Å². The van der Waals surface area contributed by atoms with Gasteiger partial charge < -0.3 is 24.9 Å². The molecule has 2 aromatic rings. The highest BCUT2D eigenvalue weighted by molar-refractivity contribution is 5.79. The molecule has 0 bridgehead atoms. The van der Waals surface area contributed by atoms with E-state index in [-0.39, 0.29) is 12.6 Å². The van der Waals surface area contributed by atoms with Gasteiger partial charge in [-0.05, 0) is 38.3 Å². The fraction of sp³-hybridized carbons (Fsp3) is 0.600. The van der Waals surface area contributed by atoms with Gasteiger partial charge in [0.1, 0.15) is 11.4 Å². The van der Waals surface area contributed by atoms with Gasteiger partial charge in [0.2, 0.25) is 0 Å². The quantitative estimate of drug-likeness (QED) is 0.468. The van der Waals surface area contributed by atoms with Gasteiger partial charge in [0.15, 0.2) is 5.96 Å². The average Bonchev–Trinajstić information content (AvgIpc) is 3.36. The summed E-state index contributed by atoms with van der Waals surface area (Å²) in [5, 5.41) is 21.6. The van der Waals surface area contributed by atoms with Crippen LogP contribution in [0.15, 0.2) is 40.2 Å². The Balaban J connectivity index is 1.58. The Hall–Kier alpha value is -2.32. The minimum Gasteiger partial charge on any atom is -0.469 e. The molecule has 3 N–H and O–H groups in total. The summed E-state index contributed by atoms with van der Waals surface area (Å²) in [7, 11) is 1.83. The third kappa shape index (κ3) is 6.10. The first-order valence-corrected chi connectivity index (χ1v) is 9.90. The van der Waals surface area contributed by atoms with Crippen molar-refractivity contribution in [3.05, 3.63) is 42.1 Å². The highest BCUT2D eigenvalue weighted by Crippen LogP contribution is 2.20. The lowest BCUT2D eigenvalue weighted by Gasteiger charge is -2.24. The van der Waals surface area contributed by atoms with E-state index in [9.17, 15) is 5.11 Å². The van der Waals surface area contributed by atoms with E-state index in [0.29, 0.717) is 19.0 Å². The third-order valence-corrected chi connectivity index (χ3v) is 4.89. The summed E-state index contributed by atoms with van der Waals surface area (Å²) >= 11 is 0. The number of aryl methyl sites for hydroxylation is 1. The van der Waals surface area contributed by atoms with Crippen molar-refractivity contribution in [3.8, 4) is 0 Å². The highest BCUT2D eigenvalue weighted by atomic mass is 16.5. The first-order chi connectivity index (χ1) is 13.5. The van der Waals surface area contributed by atoms with Crippen LogP contribution in [0.2, 0.25) is 0 Å². The van der Waals surface area contributed by atoms with Gasteiger partial charge >= 0.3 is 0 Å². The van der Waals surface area contributed by atoms with Crippen molar-refractivity contribution in [2.45, 2.75) is 44.3 Å². The van der Waals surface area contributed by atoms with E-state index < -0.39 is 5.60 Å². The summed E-state index contributed by atoms with van der Waals surface area (Å²) in [4.78, 5) is 4.61. The van der Waals surface area contributed by atoms with Crippen molar-refractivity contribution < 1.29 is 14.3 Å². The van der Waals surface area contributed by atoms with E-state index in [2.05, 4.69) is 20.7 Å². The lowest BCUT2D eigenvalue weighted by molar-refractivity contribution is 0.0194. The van der Waals surface area contributed by atoms with Crippen LogP contribution < -0.4 is 10.6 Å². The molecule has 2 aromatic heterocycles. The van der Waals surface area contributed by atoms with Crippen molar-refractivity contribution in [1.29, 1.82) is 0 Å². The van der Waals surface area contributed by atoms with Crippen LogP contribution in [0.1, 0.15) is 37.5 Å². The zero-order valence-corrected chi connectivity index (χ0v) is 16.7. The number of furan rings is 1. The lowest BCUT2D eigenvalue weighted by atomic mass is 10.0. The number of hydrogen-bond donors (Lipinski definition) is 3. The van der Waals surface area contributed by atoms with Crippen molar-refractivity contribution in [2.24, 2.45) is 12.0 Å². The summed E-state index contributed by atoms with van der Waals surface area (Å²) in [5.74, 6) is 1.58. The van der Waals surface area contributed by atoms with Gasteiger partial charge in [-0.15, -0.1) is 0 Å². The van der Waals surface area contributed by atoms with Crippen LogP contribution >= 0.6 is 0 Å². The normalized spacial score (nSPS) is 20.0. The Labute approximate surface area is 166 Å². The topological polar surface area (TPSA) is 96.8 Å². The average molecular weight is 390 g/mol. The molecule has 0 spiro atoms. The predicted octanol–water partition coefficient (Wildman–Crippen LogP) is 1.57. The van der Waals surface area contributed by atoms with Gasteiger partial charge in [0, 0.05) is 44.9 Å². The Bertz CT molecular complexity index is 733. The van der Waals surface area contributed by atoms with Gasteiger partial charge in [-0.3, -0.25) is 4.68 Å². The molecule has 1 fully saturated rings. The largest absolute Gasteiger partial charge is 0.469 e. The Morgan fingerprint density at radius 1 is 1.43 bits per heavy atom. The van der Waals surface area contributed by atoms with Crippen LogP contribution in [0, 0.1) is 0 Å². The number of aromatic nitrogens is 2. The van der Waals surface area contributed by atoms with Crippen LogP contribution in [-0.4, -0.2) is 53.2 Å². The standard InChI is InChI=1S/C20H31N5O3/c1-20(26,16-12-24-25(2)14-16)15-23-19(21-9-8-17-7-5-11-27-17)22-13-18-6-3-4-10-28-18/h5,7,11-12,14,18,26H,3-4,6,8-10,13,15H2,1-2H3,(H2,21,22,23). The van der Waals surface area contributed by atoms with Crippen molar-refractivity contribution in [2.75, 3.05) is 26.2 Å². The van der Waals surface area contributed by atoms with Gasteiger partial charge in [-0.2, -0.15) is 5.10 Å². The molecule has 1 aliphatic rings. The van der Waals surface area contributed by atoms with Gasteiger partial charge in [-0.25, -0.2) is 4.99 Å². The van der Waals surface area contributed by atoms with E-state index in [1.165, 1.54) is 6.42 Å². The second-order valence-corrected chi connectivity index (χ2v) is 7.47. The summed E-state index contributed by atoms with van der Waals surface area (Å²) < 4.78 is 12.8. The van der Waals surface area contributed by atoms with Gasteiger partial charge in [0.25, 0.3) is 0 Å². The number of hydrogen-bond acceptors (Lipinski definition) is 5. The van der Waals surface area contributed by atoms with Gasteiger partial charge in [0.05, 0.1) is 25.1 Å². The second-order valence-electron chi connectivity index (χ2n) is 7.47. The number of aliphatic imine (C=N–C) groups is 1. The maximum atomic E-state index is 10.8. The molecule has 3 rings (SSSR count). The molecule has 0 radical (unpaired) electrons. The van der Waals surface area contributed by atoms with E-state index in [4.69, 9.17) is 9.15 Å². The van der Waals surface area contributed by atoms with E-state index in [0.717, 1.165) is 37.2 Å². The van der Waals surface area contributed by atoms with Crippen LogP contribution in [0.5, 0.6) is 0 Å². The molecule has 0 saturated carbocycles. The van der Waals surface area contributed by atoms with Crippen LogP contribution in [-0.2, 0) is 23.8 Å². The molecule has 28 heavy (non-hydrogen) atoms. The zero-order valence-electron chi connectivity index (χ0n) is 16.7. The first-order valence-electron chi connectivity index (χ1n) is 9.90. The fourth-order valence-electron chi connectivity index (χ4n) is 3.14. The molecule has 0 aromatic carbocycles. The molecular formula is C20H31N5O3. The molecule has 1 aliphatic heterocycles. The van der Waals surface area contributed by atoms with E-state index >= 15 is 0 Å². The molecule has 8 heteroatoms. The smallest absolute Gasteiger partial charge is 0.191 e. The van der Waals surface area contributed by atoms with Crippen molar-refractivity contribution in [1.82, 2.24) is 20.4 Å². The van der Waals surface area contributed by atoms with Crippen molar-refractivity contribution in [3.63, 3.8) is 0 Å². The molecule has 2 atom stereocenters. The number of nitrogens with zero attached hydrogens (tertiary/aromatic N) is 3. The zero-order chi connectivity index (χ0) is 19.8. The number of guanidine groups is 1. The maximum absolute atomic E-state index is 10.8. The lowest BCUT2D eigenvalue weighted by Crippen LogP contribution is -2.44. The minimum absolute atomic E-state index is 0.199. The monoisotopic (exact) mass is 389 g/mol. The minimum atomic E-state index is -1.09. The van der Waals surface area contributed by atoms with E-state index in [1.54, 1.807) is 24.1 Å². The summed E-state index contributed by atoms with van der Waals surface area (Å²) in [5.41, 5.74) is -0.352. The Morgan fingerprint density at radius 2 is 2.32 bits per heavy atom. The number of aliphatic hydroxyl groups is 1. The fourth-order valence-corrected chi connectivity index (χ4v) is 3.14. The summed E-state index contributed by atoms with van der Waals surface area (Å²) in [6.07, 6.45) is 9.49. The van der Waals surface area contributed by atoms with Crippen LogP contribution in [0.4, 0.5) is 0 Å². The molecule has 3 heterocycles.